The maximum absolute atomic E-state index is 12.1. The van der Waals surface area contributed by atoms with E-state index in [9.17, 15) is 14.4 Å². The standard InChI is InChI=1S/C11H19N3O5/c1-11(2,3)12-8(15)7-6-13(9(16)17)4-5-14(7)10(18)19/h7H,4-6H2,1-3H3,(H,12,15)(H,16,17)(H,18,19)/t7-/m0/s1. The highest BCUT2D eigenvalue weighted by atomic mass is 16.4. The number of rotatable bonds is 1. The number of carbonyl (C=O) groups excluding carboxylic acids is 1. The molecule has 108 valence electrons. The van der Waals surface area contributed by atoms with Gasteiger partial charge in [-0.05, 0) is 20.8 Å². The summed E-state index contributed by atoms with van der Waals surface area (Å²) >= 11 is 0. The van der Waals surface area contributed by atoms with E-state index in [0.717, 1.165) is 9.80 Å². The highest BCUT2D eigenvalue weighted by molar-refractivity contribution is 5.87. The largest absolute Gasteiger partial charge is 0.465 e. The van der Waals surface area contributed by atoms with Gasteiger partial charge in [0.1, 0.15) is 6.04 Å². The average molecular weight is 273 g/mol. The fraction of sp³-hybridized carbons (Fsp3) is 0.727. The van der Waals surface area contributed by atoms with E-state index in [1.54, 1.807) is 20.8 Å². The molecule has 1 rings (SSSR count). The Labute approximate surface area is 111 Å². The summed E-state index contributed by atoms with van der Waals surface area (Å²) < 4.78 is 0. The van der Waals surface area contributed by atoms with Crippen LogP contribution < -0.4 is 5.32 Å². The molecule has 19 heavy (non-hydrogen) atoms. The van der Waals surface area contributed by atoms with E-state index in [1.165, 1.54) is 0 Å². The number of hydrogen-bond donors (Lipinski definition) is 3. The maximum Gasteiger partial charge on any atom is 0.408 e. The van der Waals surface area contributed by atoms with Crippen molar-refractivity contribution in [2.45, 2.75) is 32.4 Å². The van der Waals surface area contributed by atoms with Crippen molar-refractivity contribution in [1.29, 1.82) is 0 Å². The molecule has 3 N–H and O–H groups in total. The summed E-state index contributed by atoms with van der Waals surface area (Å²) in [6.45, 7) is 5.23. The molecule has 1 aliphatic rings. The molecule has 0 aliphatic carbocycles. The number of nitrogens with zero attached hydrogens (tertiary/aromatic N) is 2. The Balaban J connectivity index is 2.85. The molecule has 1 heterocycles. The Morgan fingerprint density at radius 2 is 1.68 bits per heavy atom. The fourth-order valence-corrected chi connectivity index (χ4v) is 1.86. The summed E-state index contributed by atoms with van der Waals surface area (Å²) in [5.41, 5.74) is -0.507. The Bertz CT molecular complexity index is 390. The van der Waals surface area contributed by atoms with E-state index in [0.29, 0.717) is 0 Å². The van der Waals surface area contributed by atoms with Gasteiger partial charge in [0.15, 0.2) is 0 Å². The Kier molecular flexibility index (Phi) is 4.23. The molecule has 8 nitrogen and oxygen atoms in total. The van der Waals surface area contributed by atoms with Crippen molar-refractivity contribution in [1.82, 2.24) is 15.1 Å². The minimum atomic E-state index is -1.22. The highest BCUT2D eigenvalue weighted by Gasteiger charge is 2.37. The van der Waals surface area contributed by atoms with Gasteiger partial charge < -0.3 is 20.4 Å². The zero-order valence-corrected chi connectivity index (χ0v) is 11.2. The van der Waals surface area contributed by atoms with Gasteiger partial charge in [-0.3, -0.25) is 9.69 Å². The van der Waals surface area contributed by atoms with Crippen molar-refractivity contribution in [3.05, 3.63) is 0 Å². The molecule has 0 aromatic heterocycles. The molecule has 0 radical (unpaired) electrons. The summed E-state index contributed by atoms with van der Waals surface area (Å²) in [5, 5.41) is 20.7. The van der Waals surface area contributed by atoms with Crippen LogP contribution in [0.2, 0.25) is 0 Å². The minimum absolute atomic E-state index is 0.0101. The van der Waals surface area contributed by atoms with Crippen LogP contribution in [0.1, 0.15) is 20.8 Å². The van der Waals surface area contributed by atoms with Gasteiger partial charge in [-0.1, -0.05) is 0 Å². The molecule has 3 amide bonds. The third-order valence-electron chi connectivity index (χ3n) is 2.70. The van der Waals surface area contributed by atoms with Crippen molar-refractivity contribution < 1.29 is 24.6 Å². The number of carbonyl (C=O) groups is 3. The van der Waals surface area contributed by atoms with Crippen molar-refractivity contribution >= 4 is 18.1 Å². The smallest absolute Gasteiger partial charge is 0.408 e. The molecule has 0 bridgehead atoms. The summed E-state index contributed by atoms with van der Waals surface area (Å²) in [4.78, 5) is 36.1. The molecule has 0 unspecified atom stereocenters. The average Bonchev–Trinajstić information content (AvgIpc) is 2.25. The van der Waals surface area contributed by atoms with Crippen molar-refractivity contribution in [2.24, 2.45) is 0 Å². The monoisotopic (exact) mass is 273 g/mol. The number of carboxylic acid groups (broad SMARTS) is 2. The Morgan fingerprint density at radius 1 is 1.11 bits per heavy atom. The Morgan fingerprint density at radius 3 is 2.11 bits per heavy atom. The number of piperazine rings is 1. The van der Waals surface area contributed by atoms with E-state index in [1.807, 2.05) is 0 Å². The van der Waals surface area contributed by atoms with Crippen LogP contribution in [0.5, 0.6) is 0 Å². The molecule has 1 fully saturated rings. The number of amides is 3. The quantitative estimate of drug-likeness (QED) is 0.634. The lowest BCUT2D eigenvalue weighted by atomic mass is 10.1. The first-order chi connectivity index (χ1) is 8.61. The summed E-state index contributed by atoms with van der Waals surface area (Å²) in [6.07, 6.45) is -2.38. The van der Waals surface area contributed by atoms with Gasteiger partial charge in [0.2, 0.25) is 5.91 Å². The van der Waals surface area contributed by atoms with Crippen LogP contribution in [0.25, 0.3) is 0 Å². The second-order valence-corrected chi connectivity index (χ2v) is 5.46. The Hall–Kier alpha value is -1.99. The lowest BCUT2D eigenvalue weighted by Crippen LogP contribution is -2.62. The van der Waals surface area contributed by atoms with Crippen LogP contribution in [0.4, 0.5) is 9.59 Å². The number of nitrogens with one attached hydrogen (secondary N) is 1. The molecular weight excluding hydrogens is 254 g/mol. The zero-order chi connectivity index (χ0) is 14.8. The summed E-state index contributed by atoms with van der Waals surface area (Å²) in [5.74, 6) is -0.485. The topological polar surface area (TPSA) is 110 Å². The van der Waals surface area contributed by atoms with Gasteiger partial charge in [0.25, 0.3) is 0 Å². The van der Waals surface area contributed by atoms with Gasteiger partial charge >= 0.3 is 12.2 Å². The van der Waals surface area contributed by atoms with E-state index < -0.39 is 29.7 Å². The molecule has 0 aromatic rings. The van der Waals surface area contributed by atoms with Crippen LogP contribution in [-0.4, -0.2) is 69.3 Å². The van der Waals surface area contributed by atoms with Gasteiger partial charge in [-0.15, -0.1) is 0 Å². The third kappa shape index (κ3) is 4.01. The lowest BCUT2D eigenvalue weighted by Gasteiger charge is -2.38. The van der Waals surface area contributed by atoms with Crippen LogP contribution in [-0.2, 0) is 4.79 Å². The summed E-state index contributed by atoms with van der Waals surface area (Å²) in [6, 6.07) is -1.01. The molecule has 1 atom stereocenters. The zero-order valence-electron chi connectivity index (χ0n) is 11.2. The molecule has 0 aromatic carbocycles. The molecule has 1 aliphatic heterocycles. The van der Waals surface area contributed by atoms with Gasteiger partial charge in [-0.2, -0.15) is 0 Å². The van der Waals surface area contributed by atoms with Crippen molar-refractivity contribution in [3.63, 3.8) is 0 Å². The molecule has 1 saturated heterocycles. The van der Waals surface area contributed by atoms with E-state index in [2.05, 4.69) is 5.32 Å². The highest BCUT2D eigenvalue weighted by Crippen LogP contribution is 2.12. The van der Waals surface area contributed by atoms with E-state index in [-0.39, 0.29) is 19.6 Å². The lowest BCUT2D eigenvalue weighted by molar-refractivity contribution is -0.129. The maximum atomic E-state index is 12.1. The number of hydrogen-bond acceptors (Lipinski definition) is 3. The predicted octanol–water partition coefficient (Wildman–Crippen LogP) is 0.243. The second-order valence-electron chi connectivity index (χ2n) is 5.46. The molecule has 0 saturated carbocycles. The summed E-state index contributed by atoms with van der Waals surface area (Å²) in [7, 11) is 0. The first kappa shape index (κ1) is 15.1. The van der Waals surface area contributed by atoms with E-state index >= 15 is 0 Å². The molecular formula is C11H19N3O5. The van der Waals surface area contributed by atoms with Crippen LogP contribution in [0, 0.1) is 0 Å². The van der Waals surface area contributed by atoms with Crippen LogP contribution in [0.3, 0.4) is 0 Å². The first-order valence-corrected chi connectivity index (χ1v) is 5.91. The van der Waals surface area contributed by atoms with E-state index in [4.69, 9.17) is 10.2 Å². The molecule has 0 spiro atoms. The van der Waals surface area contributed by atoms with Crippen LogP contribution in [0.15, 0.2) is 0 Å². The fourth-order valence-electron chi connectivity index (χ4n) is 1.86. The van der Waals surface area contributed by atoms with Gasteiger partial charge in [0.05, 0.1) is 6.54 Å². The second kappa shape index (κ2) is 5.33. The third-order valence-corrected chi connectivity index (χ3v) is 2.70. The molecule has 8 heteroatoms. The van der Waals surface area contributed by atoms with Crippen molar-refractivity contribution in [3.8, 4) is 0 Å². The minimum Gasteiger partial charge on any atom is -0.465 e. The van der Waals surface area contributed by atoms with Gasteiger partial charge in [0, 0.05) is 18.6 Å². The SMILES string of the molecule is CC(C)(C)NC(=O)[C@@H]1CN(C(=O)O)CCN1C(=O)O. The predicted molar refractivity (Wildman–Crippen MR) is 66.0 cm³/mol. The van der Waals surface area contributed by atoms with Gasteiger partial charge in [-0.25, -0.2) is 9.59 Å². The normalized spacial score (nSPS) is 20.1. The van der Waals surface area contributed by atoms with Crippen molar-refractivity contribution in [2.75, 3.05) is 19.6 Å². The first-order valence-electron chi connectivity index (χ1n) is 5.91. The van der Waals surface area contributed by atoms with Crippen LogP contribution >= 0.6 is 0 Å².